The molecule has 47 heavy (non-hydrogen) atoms. The Hall–Kier alpha value is -4.69. The van der Waals surface area contributed by atoms with Crippen molar-refractivity contribution in [2.45, 2.75) is 19.6 Å². The van der Waals surface area contributed by atoms with Gasteiger partial charge in [0.25, 0.3) is 5.91 Å². The molecule has 0 spiro atoms. The summed E-state index contributed by atoms with van der Waals surface area (Å²) in [4.78, 5) is 23.8. The molecule has 1 saturated heterocycles. The van der Waals surface area contributed by atoms with E-state index < -0.39 is 17.6 Å². The molecule has 0 bridgehead atoms. The monoisotopic (exact) mass is 658 g/mol. The quantitative estimate of drug-likeness (QED) is 0.203. The van der Waals surface area contributed by atoms with Crippen LogP contribution in [0.5, 0.6) is 0 Å². The summed E-state index contributed by atoms with van der Waals surface area (Å²) in [5.74, 6) is 5.94. The number of pyridine rings is 1. The Balaban J connectivity index is 1.30. The third-order valence-electron chi connectivity index (χ3n) is 8.31. The Labute approximate surface area is 273 Å². The van der Waals surface area contributed by atoms with Gasteiger partial charge in [-0.2, -0.15) is 18.3 Å². The molecule has 3 aromatic heterocycles. The van der Waals surface area contributed by atoms with Crippen LogP contribution in [-0.4, -0.2) is 70.7 Å². The third-order valence-corrected chi connectivity index (χ3v) is 8.79. The van der Waals surface area contributed by atoms with Gasteiger partial charge in [-0.3, -0.25) is 19.2 Å². The number of halogens is 3. The number of amides is 1. The average molecular weight is 659 g/mol. The van der Waals surface area contributed by atoms with Crippen LogP contribution in [0.25, 0.3) is 5.65 Å². The number of aromatic nitrogens is 4. The molecule has 1 aliphatic heterocycles. The van der Waals surface area contributed by atoms with E-state index in [1.165, 1.54) is 18.0 Å². The van der Waals surface area contributed by atoms with E-state index in [-0.39, 0.29) is 5.69 Å². The Bertz CT molecular complexity index is 1990. The molecule has 1 unspecified atom stereocenters. The molecule has 0 saturated carbocycles. The van der Waals surface area contributed by atoms with Crippen LogP contribution >= 0.6 is 9.24 Å². The van der Waals surface area contributed by atoms with E-state index in [1.54, 1.807) is 30.7 Å². The number of aryl methyl sites for hydroxylation is 1. The van der Waals surface area contributed by atoms with Gasteiger partial charge < -0.3 is 15.1 Å². The van der Waals surface area contributed by atoms with E-state index in [0.29, 0.717) is 39.9 Å². The zero-order chi connectivity index (χ0) is 33.3. The van der Waals surface area contributed by atoms with E-state index >= 15 is 0 Å². The first-order valence-electron chi connectivity index (χ1n) is 15.0. The molecule has 1 amide bonds. The molecule has 1 fully saturated rings. The van der Waals surface area contributed by atoms with Crippen LogP contribution < -0.4 is 20.4 Å². The summed E-state index contributed by atoms with van der Waals surface area (Å²) in [6.45, 7) is 5.30. The van der Waals surface area contributed by atoms with E-state index in [2.05, 4.69) is 46.5 Å². The molecule has 0 radical (unpaired) electrons. The van der Waals surface area contributed by atoms with E-state index in [9.17, 15) is 18.0 Å². The lowest BCUT2D eigenvalue weighted by Crippen LogP contribution is -2.42. The summed E-state index contributed by atoms with van der Waals surface area (Å²) in [5, 5.41) is 10.7. The van der Waals surface area contributed by atoms with Gasteiger partial charge in [0.2, 0.25) is 0 Å². The maximum absolute atomic E-state index is 13.9. The van der Waals surface area contributed by atoms with Crippen LogP contribution in [-0.2, 0) is 12.7 Å². The smallest absolute Gasteiger partial charge is 0.339 e. The molecular formula is C34H34F3N8OP. The normalized spacial score (nSPS) is 13.8. The lowest BCUT2D eigenvalue weighted by Gasteiger charge is -2.28. The Morgan fingerprint density at radius 3 is 2.57 bits per heavy atom. The summed E-state index contributed by atoms with van der Waals surface area (Å²) < 4.78 is 43.7. The predicted molar refractivity (Wildman–Crippen MR) is 181 cm³/mol. The summed E-state index contributed by atoms with van der Waals surface area (Å²) >= 11 is 0. The molecule has 1 atom stereocenters. The van der Waals surface area contributed by atoms with Crippen LogP contribution in [0, 0.1) is 18.8 Å². The maximum Gasteiger partial charge on any atom is 0.416 e. The zero-order valence-electron chi connectivity index (χ0n) is 26.2. The number of fused-ring (bicyclic) bond motifs is 1. The summed E-state index contributed by atoms with van der Waals surface area (Å²) in [6.07, 6.45) is 2.54. The second-order valence-corrected chi connectivity index (χ2v) is 12.1. The van der Waals surface area contributed by atoms with Crippen molar-refractivity contribution in [1.82, 2.24) is 29.8 Å². The van der Waals surface area contributed by atoms with Crippen molar-refractivity contribution in [3.8, 4) is 11.8 Å². The van der Waals surface area contributed by atoms with Gasteiger partial charge in [0, 0.05) is 76.0 Å². The Morgan fingerprint density at radius 1 is 1.06 bits per heavy atom. The number of rotatable bonds is 6. The number of benzene rings is 2. The molecular weight excluding hydrogens is 624 g/mol. The first-order chi connectivity index (χ1) is 22.5. The fourth-order valence-electron chi connectivity index (χ4n) is 5.65. The van der Waals surface area contributed by atoms with Crippen LogP contribution in [0.3, 0.4) is 0 Å². The zero-order valence-corrected chi connectivity index (χ0v) is 27.3. The summed E-state index contributed by atoms with van der Waals surface area (Å²) in [5.41, 5.74) is 4.82. The van der Waals surface area contributed by atoms with Crippen molar-refractivity contribution < 1.29 is 18.0 Å². The minimum atomic E-state index is -4.55. The lowest BCUT2D eigenvalue weighted by molar-refractivity contribution is -0.137. The standard InChI is InChI=1S/C34H34F3N8OP/c1-22-13-31(47)29(33(46)43(3)27-15-23(14-25(17-27)34(35,36)37)21-44-11-8-38-9-12-44)16-24(22)6-7-26-18-39-32-30(5-4-10-45(26)32)42(2)28-19-40-41-20-28/h4-5,10,13-20,38H,8-9,11-12,21,47H2,1-3H3,(H,40,41). The average Bonchev–Trinajstić information content (AvgIpc) is 3.74. The highest BCUT2D eigenvalue weighted by atomic mass is 31.0. The van der Waals surface area contributed by atoms with Gasteiger partial charge in [-0.25, -0.2) is 4.98 Å². The molecule has 4 heterocycles. The highest BCUT2D eigenvalue weighted by Crippen LogP contribution is 2.34. The van der Waals surface area contributed by atoms with Crippen LogP contribution in [0.1, 0.15) is 38.3 Å². The fraction of sp³-hybridized carbons (Fsp3) is 0.265. The number of nitrogens with zero attached hydrogens (tertiary/aromatic N) is 6. The van der Waals surface area contributed by atoms with Gasteiger partial charge in [-0.15, -0.1) is 9.24 Å². The first-order valence-corrected chi connectivity index (χ1v) is 15.6. The van der Waals surface area contributed by atoms with E-state index in [4.69, 9.17) is 0 Å². The van der Waals surface area contributed by atoms with Gasteiger partial charge in [0.15, 0.2) is 5.65 Å². The van der Waals surface area contributed by atoms with Crippen molar-refractivity contribution in [3.05, 3.63) is 101 Å². The highest BCUT2D eigenvalue weighted by molar-refractivity contribution is 7.27. The molecule has 5 aromatic rings. The molecule has 2 N–H and O–H groups in total. The minimum absolute atomic E-state index is 0.175. The van der Waals surface area contributed by atoms with Gasteiger partial charge in [-0.1, -0.05) is 12.0 Å². The van der Waals surface area contributed by atoms with Crippen molar-refractivity contribution in [1.29, 1.82) is 0 Å². The minimum Gasteiger partial charge on any atom is -0.339 e. The highest BCUT2D eigenvalue weighted by Gasteiger charge is 2.32. The number of imidazole rings is 1. The number of carbonyl (C=O) groups excluding carboxylic acids is 1. The predicted octanol–water partition coefficient (Wildman–Crippen LogP) is 4.73. The maximum atomic E-state index is 13.9. The summed E-state index contributed by atoms with van der Waals surface area (Å²) in [6, 6.07) is 11.3. The number of hydrogen-bond acceptors (Lipinski definition) is 6. The number of piperazine rings is 1. The molecule has 242 valence electrons. The van der Waals surface area contributed by atoms with Crippen LogP contribution in [0.4, 0.5) is 30.2 Å². The number of alkyl halides is 3. The molecule has 1 aliphatic rings. The molecule has 6 rings (SSSR count). The van der Waals surface area contributed by atoms with Crippen molar-refractivity contribution in [2.75, 3.05) is 50.1 Å². The van der Waals surface area contributed by atoms with E-state index in [0.717, 1.165) is 49.2 Å². The number of aromatic amines is 1. The van der Waals surface area contributed by atoms with Crippen LogP contribution in [0.2, 0.25) is 0 Å². The number of nitrogens with one attached hydrogen (secondary N) is 2. The Kier molecular flexibility index (Phi) is 9.06. The van der Waals surface area contributed by atoms with Crippen molar-refractivity contribution >= 4 is 43.2 Å². The molecule has 2 aromatic carbocycles. The van der Waals surface area contributed by atoms with Gasteiger partial charge in [0.05, 0.1) is 29.3 Å². The largest absolute Gasteiger partial charge is 0.416 e. The first kappa shape index (κ1) is 32.3. The second kappa shape index (κ2) is 13.2. The third kappa shape index (κ3) is 6.88. The molecule has 13 heteroatoms. The van der Waals surface area contributed by atoms with Crippen molar-refractivity contribution in [2.24, 2.45) is 0 Å². The van der Waals surface area contributed by atoms with Gasteiger partial charge in [-0.05, 0) is 65.7 Å². The molecule has 9 nitrogen and oxygen atoms in total. The SMILES string of the molecule is Cc1cc(P)c(C(=O)N(C)c2cc(CN3CCNCC3)cc(C(F)(F)F)c2)cc1C#Cc1cnc2c(N(C)c3cn[nH]c3)cccn12. The van der Waals surface area contributed by atoms with Crippen molar-refractivity contribution in [3.63, 3.8) is 0 Å². The lowest BCUT2D eigenvalue weighted by atomic mass is 10.0. The van der Waals surface area contributed by atoms with E-state index in [1.807, 2.05) is 47.7 Å². The van der Waals surface area contributed by atoms with Gasteiger partial charge >= 0.3 is 6.18 Å². The number of anilines is 3. The molecule has 0 aliphatic carbocycles. The second-order valence-electron chi connectivity index (χ2n) is 11.5. The topological polar surface area (TPSA) is 84.8 Å². The Morgan fingerprint density at radius 2 is 1.85 bits per heavy atom. The van der Waals surface area contributed by atoms with Crippen LogP contribution in [0.15, 0.2) is 67.3 Å². The fourth-order valence-corrected chi connectivity index (χ4v) is 6.10. The number of carbonyl (C=O) groups is 1. The summed E-state index contributed by atoms with van der Waals surface area (Å²) in [7, 11) is 5.99. The van der Waals surface area contributed by atoms with Gasteiger partial charge in [0.1, 0.15) is 5.69 Å². The number of H-pyrrole nitrogens is 1. The number of hydrogen-bond donors (Lipinski definition) is 2.